The minimum atomic E-state index is -4.24. The third-order valence-corrected chi connectivity index (χ3v) is 6.78. The number of rotatable bonds is 14. The molecule has 186 valence electrons. The van der Waals surface area contributed by atoms with E-state index in [4.69, 9.17) is 18.8 Å². The largest absolute Gasteiger partial charge is 0.486 e. The fourth-order valence-corrected chi connectivity index (χ4v) is 5.23. The predicted molar refractivity (Wildman–Crippen MR) is 127 cm³/mol. The summed E-state index contributed by atoms with van der Waals surface area (Å²) < 4.78 is 40.7. The van der Waals surface area contributed by atoms with E-state index in [-0.39, 0.29) is 18.1 Å². The Morgan fingerprint density at radius 3 is 2.48 bits per heavy atom. The highest BCUT2D eigenvalue weighted by Crippen LogP contribution is 2.38. The van der Waals surface area contributed by atoms with E-state index < -0.39 is 16.4 Å². The average Bonchev–Trinajstić information content (AvgIpc) is 3.29. The van der Waals surface area contributed by atoms with Crippen molar-refractivity contribution in [3.63, 3.8) is 0 Å². The summed E-state index contributed by atoms with van der Waals surface area (Å²) in [5.74, 6) is 0.950. The Bertz CT molecular complexity index is 870. The van der Waals surface area contributed by atoms with E-state index in [0.29, 0.717) is 43.2 Å². The van der Waals surface area contributed by atoms with Crippen LogP contribution in [0, 0.1) is 5.92 Å². The molecule has 1 aromatic carbocycles. The van der Waals surface area contributed by atoms with E-state index in [1.54, 1.807) is 18.2 Å². The van der Waals surface area contributed by atoms with Crippen LogP contribution in [0.2, 0.25) is 0 Å². The van der Waals surface area contributed by atoms with Gasteiger partial charge in [-0.15, -0.1) is 0 Å². The van der Waals surface area contributed by atoms with Gasteiger partial charge >= 0.3 is 10.3 Å². The van der Waals surface area contributed by atoms with Crippen molar-refractivity contribution in [3.05, 3.63) is 23.8 Å². The Hall–Kier alpha value is -1.68. The van der Waals surface area contributed by atoms with Gasteiger partial charge in [-0.05, 0) is 50.0 Å². The van der Waals surface area contributed by atoms with Crippen LogP contribution in [-0.4, -0.2) is 51.9 Å². The van der Waals surface area contributed by atoms with Gasteiger partial charge in [-0.3, -0.25) is 4.79 Å². The van der Waals surface area contributed by atoms with Gasteiger partial charge in [-0.25, -0.2) is 9.32 Å². The number of hydrogen-bond acceptors (Lipinski definition) is 7. The molecule has 1 aromatic rings. The molecule has 33 heavy (non-hydrogen) atoms. The molecule has 0 aliphatic carbocycles. The number of ether oxygens (including phenoxy) is 2. The van der Waals surface area contributed by atoms with Crippen LogP contribution in [0.5, 0.6) is 11.5 Å². The van der Waals surface area contributed by atoms with E-state index in [9.17, 15) is 13.2 Å². The Balaban J connectivity index is 1.79. The summed E-state index contributed by atoms with van der Waals surface area (Å²) in [6.45, 7) is 5.50. The van der Waals surface area contributed by atoms with Crippen LogP contribution >= 0.6 is 0 Å². The number of unbranched alkanes of at least 4 members (excludes halogenated alkanes) is 4. The lowest BCUT2D eigenvalue weighted by Crippen LogP contribution is -2.34. The maximum atomic E-state index is 12.9. The molecule has 1 fully saturated rings. The molecular formula is C24H38N2O6S. The first kappa shape index (κ1) is 25.9. The van der Waals surface area contributed by atoms with Crippen molar-refractivity contribution in [1.82, 2.24) is 4.90 Å². The maximum Gasteiger partial charge on any atom is 0.333 e. The Kier molecular flexibility index (Phi) is 9.97. The molecule has 2 N–H and O–H groups in total. The number of carbonyl (C=O) groups excluding carboxylic acids is 1. The summed E-state index contributed by atoms with van der Waals surface area (Å²) in [6, 6.07) is 5.28. The number of nitrogens with zero attached hydrogens (tertiary/aromatic N) is 1. The zero-order valence-electron chi connectivity index (χ0n) is 19.7. The van der Waals surface area contributed by atoms with Crippen molar-refractivity contribution in [2.75, 3.05) is 32.8 Å². The maximum absolute atomic E-state index is 12.9. The summed E-state index contributed by atoms with van der Waals surface area (Å²) in [6.07, 6.45) is 7.45. The van der Waals surface area contributed by atoms with Gasteiger partial charge in [0.1, 0.15) is 25.1 Å². The zero-order chi connectivity index (χ0) is 23.7. The normalized spacial score (nSPS) is 18.2. The van der Waals surface area contributed by atoms with Gasteiger partial charge in [-0.2, -0.15) is 8.42 Å². The highest BCUT2D eigenvalue weighted by Gasteiger charge is 2.33. The van der Waals surface area contributed by atoms with Crippen LogP contribution in [0.4, 0.5) is 0 Å². The van der Waals surface area contributed by atoms with Crippen molar-refractivity contribution >= 4 is 16.1 Å². The molecule has 1 saturated heterocycles. The van der Waals surface area contributed by atoms with Crippen LogP contribution in [0.1, 0.15) is 76.4 Å². The first-order chi connectivity index (χ1) is 15.9. The fraction of sp³-hybridized carbons (Fsp3) is 0.708. The van der Waals surface area contributed by atoms with Gasteiger partial charge < -0.3 is 14.4 Å². The molecule has 9 heteroatoms. The quantitative estimate of drug-likeness (QED) is 0.402. The topological polar surface area (TPSA) is 108 Å². The van der Waals surface area contributed by atoms with Gasteiger partial charge in [0.05, 0.1) is 0 Å². The molecule has 2 aliphatic heterocycles. The molecule has 0 radical (unpaired) electrons. The third kappa shape index (κ3) is 8.55. The van der Waals surface area contributed by atoms with E-state index in [2.05, 4.69) is 11.8 Å². The van der Waals surface area contributed by atoms with Crippen molar-refractivity contribution in [1.29, 1.82) is 0 Å². The number of hydrogen-bond donors (Lipinski definition) is 1. The van der Waals surface area contributed by atoms with E-state index >= 15 is 0 Å². The zero-order valence-corrected chi connectivity index (χ0v) is 20.5. The Morgan fingerprint density at radius 1 is 1.09 bits per heavy atom. The second kappa shape index (κ2) is 12.7. The van der Waals surface area contributed by atoms with Crippen molar-refractivity contribution in [3.8, 4) is 11.5 Å². The first-order valence-corrected chi connectivity index (χ1v) is 13.7. The molecule has 0 saturated carbocycles. The summed E-state index contributed by atoms with van der Waals surface area (Å²) in [5.41, 5.74) is 0.619. The standard InChI is InChI=1S/C24H38N2O6S/c1-2-3-4-5-6-9-21(27)16-20(18-26-12-7-8-13-26)24(32-33(25,28)29)19-10-11-22-23(17-19)31-15-14-30-22/h10-11,17,20,24H,2-9,12-16,18H2,1H3,(H2,25,28,29)/t20-,24-/m1/s1. The summed E-state index contributed by atoms with van der Waals surface area (Å²) >= 11 is 0. The number of carbonyl (C=O) groups is 1. The second-order valence-electron chi connectivity index (χ2n) is 9.09. The van der Waals surface area contributed by atoms with E-state index in [1.165, 1.54) is 6.42 Å². The van der Waals surface area contributed by atoms with Crippen LogP contribution in [-0.2, 0) is 19.3 Å². The average molecular weight is 483 g/mol. The monoisotopic (exact) mass is 482 g/mol. The van der Waals surface area contributed by atoms with Crippen molar-refractivity contribution in [2.45, 2.75) is 70.8 Å². The molecule has 0 unspecified atom stereocenters. The molecule has 0 aromatic heterocycles. The SMILES string of the molecule is CCCCCCCC(=O)C[C@H](CN1CCCC1)[C@H](OS(N)(=O)=O)c1ccc2c(c1)OCCO2. The third-order valence-electron chi connectivity index (χ3n) is 6.30. The number of benzene rings is 1. The van der Waals surface area contributed by atoms with Crippen LogP contribution in [0.3, 0.4) is 0 Å². The van der Waals surface area contributed by atoms with Gasteiger partial charge in [0.15, 0.2) is 11.5 Å². The molecule has 2 aliphatic rings. The lowest BCUT2D eigenvalue weighted by Gasteiger charge is -2.30. The van der Waals surface area contributed by atoms with E-state index in [1.807, 2.05) is 0 Å². The fourth-order valence-electron chi connectivity index (χ4n) is 4.67. The van der Waals surface area contributed by atoms with Gasteiger partial charge in [0, 0.05) is 25.3 Å². The van der Waals surface area contributed by atoms with Crippen molar-refractivity contribution < 1.29 is 26.9 Å². The first-order valence-electron chi connectivity index (χ1n) is 12.2. The minimum Gasteiger partial charge on any atom is -0.486 e. The highest BCUT2D eigenvalue weighted by molar-refractivity contribution is 7.84. The van der Waals surface area contributed by atoms with Gasteiger partial charge in [0.2, 0.25) is 0 Å². The molecule has 0 amide bonds. The summed E-state index contributed by atoms with van der Waals surface area (Å²) in [7, 11) is -4.24. The molecular weight excluding hydrogens is 444 g/mol. The molecule has 0 spiro atoms. The number of Topliss-reactive ketones (excluding diaryl/α,β-unsaturated/α-hetero) is 1. The van der Waals surface area contributed by atoms with Crippen molar-refractivity contribution in [2.24, 2.45) is 11.1 Å². The lowest BCUT2D eigenvalue weighted by molar-refractivity contribution is -0.121. The lowest BCUT2D eigenvalue weighted by atomic mass is 9.89. The predicted octanol–water partition coefficient (Wildman–Crippen LogP) is 3.75. The Morgan fingerprint density at radius 2 is 1.79 bits per heavy atom. The minimum absolute atomic E-state index is 0.135. The molecule has 2 atom stereocenters. The van der Waals surface area contributed by atoms with Crippen LogP contribution in [0.25, 0.3) is 0 Å². The smallest absolute Gasteiger partial charge is 0.333 e. The molecule has 0 bridgehead atoms. The number of fused-ring (bicyclic) bond motifs is 1. The summed E-state index contributed by atoms with van der Waals surface area (Å²) in [4.78, 5) is 15.2. The van der Waals surface area contributed by atoms with Gasteiger partial charge in [-0.1, -0.05) is 38.7 Å². The summed E-state index contributed by atoms with van der Waals surface area (Å²) in [5, 5.41) is 5.31. The number of ketones is 1. The number of nitrogens with two attached hydrogens (primary N) is 1. The van der Waals surface area contributed by atoms with Crippen LogP contribution in [0.15, 0.2) is 18.2 Å². The molecule has 3 rings (SSSR count). The molecule has 8 nitrogen and oxygen atoms in total. The van der Waals surface area contributed by atoms with Crippen LogP contribution < -0.4 is 14.6 Å². The number of likely N-dealkylation sites (tertiary alicyclic amines) is 1. The van der Waals surface area contributed by atoms with E-state index in [0.717, 1.165) is 51.6 Å². The Labute approximate surface area is 198 Å². The highest BCUT2D eigenvalue weighted by atomic mass is 32.2. The van der Waals surface area contributed by atoms with Gasteiger partial charge in [0.25, 0.3) is 0 Å². The second-order valence-corrected chi connectivity index (χ2v) is 10.3. The molecule has 2 heterocycles.